The van der Waals surface area contributed by atoms with Gasteiger partial charge in [-0.3, -0.25) is 0 Å². The monoisotopic (exact) mass is 277 g/mol. The van der Waals surface area contributed by atoms with Gasteiger partial charge in [0.1, 0.15) is 13.1 Å². The van der Waals surface area contributed by atoms with Gasteiger partial charge in [-0.15, -0.1) is 0 Å². The summed E-state index contributed by atoms with van der Waals surface area (Å²) in [6.07, 6.45) is 2.55. The van der Waals surface area contributed by atoms with Gasteiger partial charge >= 0.3 is 0 Å². The van der Waals surface area contributed by atoms with Crippen molar-refractivity contribution < 1.29 is 10.2 Å². The molecule has 1 aromatic rings. The first-order valence-electron chi connectivity index (χ1n) is 8.13. The van der Waals surface area contributed by atoms with E-state index in [4.69, 9.17) is 0 Å². The van der Waals surface area contributed by atoms with Crippen LogP contribution in [0.15, 0.2) is 18.2 Å². The van der Waals surface area contributed by atoms with Gasteiger partial charge in [-0.05, 0) is 25.0 Å². The quantitative estimate of drug-likeness (QED) is 0.781. The van der Waals surface area contributed by atoms with Gasteiger partial charge in [-0.2, -0.15) is 0 Å². The Kier molecular flexibility index (Phi) is 5.44. The molecule has 3 nitrogen and oxygen atoms in total. The number of nitrogens with two attached hydrogens (primary N) is 1. The maximum atomic E-state index is 2.48. The Morgan fingerprint density at radius 3 is 2.50 bits per heavy atom. The molecule has 0 aromatic heterocycles. The molecule has 1 atom stereocenters. The van der Waals surface area contributed by atoms with E-state index in [1.54, 1.807) is 10.5 Å². The van der Waals surface area contributed by atoms with E-state index in [-0.39, 0.29) is 0 Å². The lowest BCUT2D eigenvalue weighted by molar-refractivity contribution is -0.948. The minimum absolute atomic E-state index is 0.676. The average molecular weight is 277 g/mol. The van der Waals surface area contributed by atoms with Crippen LogP contribution in [-0.2, 0) is 6.54 Å². The van der Waals surface area contributed by atoms with E-state index < -0.39 is 0 Å². The molecular formula is C17H31N3+2. The summed E-state index contributed by atoms with van der Waals surface area (Å²) in [5.74, 6) is 0. The van der Waals surface area contributed by atoms with Crippen LogP contribution in [0.2, 0.25) is 0 Å². The molecule has 1 heterocycles. The maximum absolute atomic E-state index is 2.48. The average Bonchev–Trinajstić information content (AvgIpc) is 2.45. The van der Waals surface area contributed by atoms with Crippen LogP contribution < -0.4 is 15.1 Å². The zero-order chi connectivity index (χ0) is 14.5. The fraction of sp³-hybridized carbons (Fsp3) is 0.647. The zero-order valence-electron chi connectivity index (χ0n) is 13.6. The Bertz CT molecular complexity index is 422. The van der Waals surface area contributed by atoms with Crippen LogP contribution in [0, 0.1) is 0 Å². The molecule has 1 aliphatic heterocycles. The summed E-state index contributed by atoms with van der Waals surface area (Å²) in [4.78, 5) is 3.97. The number of anilines is 1. The van der Waals surface area contributed by atoms with Gasteiger partial charge in [0, 0.05) is 30.9 Å². The summed E-state index contributed by atoms with van der Waals surface area (Å²) >= 11 is 0. The number of quaternary nitrogens is 2. The Hall–Kier alpha value is -1.06. The van der Waals surface area contributed by atoms with Crippen LogP contribution in [0.1, 0.15) is 43.9 Å². The SMILES string of the molecule is CCC[NH+](CCC)[C@@H]1C[NH2+]Cc2cc(N(C)C)ccc21. The molecular weight excluding hydrogens is 246 g/mol. The molecule has 0 amide bonds. The van der Waals surface area contributed by atoms with Crippen LogP contribution in [-0.4, -0.2) is 33.7 Å². The predicted molar refractivity (Wildman–Crippen MR) is 85.3 cm³/mol. The molecule has 3 N–H and O–H groups in total. The summed E-state index contributed by atoms with van der Waals surface area (Å²) in [7, 11) is 4.24. The Balaban J connectivity index is 2.26. The molecule has 3 heteroatoms. The molecule has 20 heavy (non-hydrogen) atoms. The highest BCUT2D eigenvalue weighted by atomic mass is 15.2. The number of nitrogens with zero attached hydrogens (tertiary/aromatic N) is 1. The van der Waals surface area contributed by atoms with Crippen LogP contribution in [0.4, 0.5) is 5.69 Å². The van der Waals surface area contributed by atoms with Gasteiger partial charge in [0.25, 0.3) is 0 Å². The second-order valence-corrected chi connectivity index (χ2v) is 6.22. The fourth-order valence-electron chi connectivity index (χ4n) is 3.42. The van der Waals surface area contributed by atoms with Crippen molar-refractivity contribution in [1.82, 2.24) is 0 Å². The first-order chi connectivity index (χ1) is 9.67. The van der Waals surface area contributed by atoms with Crippen molar-refractivity contribution in [1.29, 1.82) is 0 Å². The first kappa shape index (κ1) is 15.3. The van der Waals surface area contributed by atoms with Crippen molar-refractivity contribution in [2.24, 2.45) is 0 Å². The number of benzene rings is 1. The lowest BCUT2D eigenvalue weighted by Crippen LogP contribution is -3.15. The summed E-state index contributed by atoms with van der Waals surface area (Å²) in [6.45, 7) is 9.57. The van der Waals surface area contributed by atoms with Gasteiger partial charge in [0.2, 0.25) is 0 Å². The molecule has 0 radical (unpaired) electrons. The predicted octanol–water partition coefficient (Wildman–Crippen LogP) is 0.576. The van der Waals surface area contributed by atoms with E-state index in [9.17, 15) is 0 Å². The molecule has 0 saturated heterocycles. The third kappa shape index (κ3) is 3.33. The number of nitrogens with one attached hydrogen (secondary N) is 1. The standard InChI is InChI=1S/C17H29N3/c1-5-9-20(10-6-2)17-13-18-12-14-11-15(19(3)4)7-8-16(14)17/h7-8,11,17-18H,5-6,9-10,12-13H2,1-4H3/p+2/t17-/m1/s1. The largest absolute Gasteiger partial charge is 0.378 e. The molecule has 112 valence electrons. The normalized spacial score (nSPS) is 18.1. The van der Waals surface area contributed by atoms with Crippen LogP contribution >= 0.6 is 0 Å². The van der Waals surface area contributed by atoms with Crippen molar-refractivity contribution in [3.05, 3.63) is 29.3 Å². The van der Waals surface area contributed by atoms with Crippen molar-refractivity contribution in [3.63, 3.8) is 0 Å². The fourth-order valence-corrected chi connectivity index (χ4v) is 3.42. The highest BCUT2D eigenvalue weighted by molar-refractivity contribution is 5.50. The van der Waals surface area contributed by atoms with E-state index in [1.165, 1.54) is 43.7 Å². The van der Waals surface area contributed by atoms with Crippen molar-refractivity contribution in [2.75, 3.05) is 38.6 Å². The van der Waals surface area contributed by atoms with Crippen LogP contribution in [0.5, 0.6) is 0 Å². The molecule has 1 aliphatic rings. The van der Waals surface area contributed by atoms with E-state index in [1.807, 2.05) is 0 Å². The summed E-state index contributed by atoms with van der Waals surface area (Å²) < 4.78 is 0. The van der Waals surface area contributed by atoms with E-state index >= 15 is 0 Å². The maximum Gasteiger partial charge on any atom is 0.163 e. The highest BCUT2D eigenvalue weighted by Gasteiger charge is 2.30. The second-order valence-electron chi connectivity index (χ2n) is 6.22. The van der Waals surface area contributed by atoms with Crippen LogP contribution in [0.3, 0.4) is 0 Å². The third-order valence-corrected chi connectivity index (χ3v) is 4.42. The Morgan fingerprint density at radius 2 is 1.90 bits per heavy atom. The lowest BCUT2D eigenvalue weighted by atomic mass is 9.94. The topological polar surface area (TPSA) is 24.3 Å². The summed E-state index contributed by atoms with van der Waals surface area (Å²) in [5, 5.41) is 2.48. The van der Waals surface area contributed by atoms with Gasteiger partial charge in [0.15, 0.2) is 6.04 Å². The minimum Gasteiger partial charge on any atom is -0.378 e. The van der Waals surface area contributed by atoms with E-state index in [0.29, 0.717) is 6.04 Å². The second kappa shape index (κ2) is 7.09. The summed E-state index contributed by atoms with van der Waals surface area (Å²) in [6, 6.07) is 7.73. The lowest BCUT2D eigenvalue weighted by Gasteiger charge is -2.32. The number of hydrogen-bond donors (Lipinski definition) is 2. The van der Waals surface area contributed by atoms with Crippen LogP contribution in [0.25, 0.3) is 0 Å². The number of rotatable bonds is 6. The minimum atomic E-state index is 0.676. The molecule has 0 unspecified atom stereocenters. The van der Waals surface area contributed by atoms with Crippen molar-refractivity contribution in [3.8, 4) is 0 Å². The molecule has 2 rings (SSSR count). The smallest absolute Gasteiger partial charge is 0.163 e. The molecule has 0 spiro atoms. The molecule has 0 fully saturated rings. The van der Waals surface area contributed by atoms with E-state index in [2.05, 4.69) is 56.4 Å². The van der Waals surface area contributed by atoms with Crippen molar-refractivity contribution in [2.45, 2.75) is 39.3 Å². The highest BCUT2D eigenvalue weighted by Crippen LogP contribution is 2.22. The molecule has 0 saturated carbocycles. The van der Waals surface area contributed by atoms with Gasteiger partial charge in [-0.25, -0.2) is 0 Å². The van der Waals surface area contributed by atoms with E-state index in [0.717, 1.165) is 6.54 Å². The van der Waals surface area contributed by atoms with Gasteiger partial charge in [-0.1, -0.05) is 19.9 Å². The van der Waals surface area contributed by atoms with Gasteiger partial charge in [0.05, 0.1) is 13.1 Å². The molecule has 1 aromatic carbocycles. The first-order valence-corrected chi connectivity index (χ1v) is 8.13. The molecule has 0 bridgehead atoms. The Labute approximate surface area is 124 Å². The van der Waals surface area contributed by atoms with Crippen molar-refractivity contribution >= 4 is 5.69 Å². The number of fused-ring (bicyclic) bond motifs is 1. The number of hydrogen-bond acceptors (Lipinski definition) is 1. The van der Waals surface area contributed by atoms with Gasteiger partial charge < -0.3 is 15.1 Å². The summed E-state index contributed by atoms with van der Waals surface area (Å²) in [5.41, 5.74) is 4.46. The molecule has 0 aliphatic carbocycles. The zero-order valence-corrected chi connectivity index (χ0v) is 13.6. The third-order valence-electron chi connectivity index (χ3n) is 4.42. The Morgan fingerprint density at radius 1 is 1.20 bits per heavy atom.